The zero-order chi connectivity index (χ0) is 8.81. The van der Waals surface area contributed by atoms with Gasteiger partial charge in [-0.3, -0.25) is 4.79 Å². The van der Waals surface area contributed by atoms with Gasteiger partial charge in [-0.15, -0.1) is 0 Å². The molecule has 1 aliphatic carbocycles. The number of ether oxygens (including phenoxy) is 1. The fourth-order valence-electron chi connectivity index (χ4n) is 1.63. The molecule has 0 saturated heterocycles. The standard InChI is InChI=1S/C10H18O2.Ag/c1-2-6-10(11)12-9-7-4-3-5-8-9;/h9H,2-8H2,1H3;. The Balaban J connectivity index is 0.00000144. The van der Waals surface area contributed by atoms with Crippen molar-refractivity contribution < 1.29 is 31.9 Å². The van der Waals surface area contributed by atoms with Crippen LogP contribution in [0, 0.1) is 0 Å². The van der Waals surface area contributed by atoms with E-state index in [2.05, 4.69) is 0 Å². The fourth-order valence-corrected chi connectivity index (χ4v) is 1.63. The van der Waals surface area contributed by atoms with Crippen molar-refractivity contribution in [1.29, 1.82) is 0 Å². The second-order valence-corrected chi connectivity index (χ2v) is 3.50. The van der Waals surface area contributed by atoms with Crippen molar-refractivity contribution in [3.8, 4) is 0 Å². The number of rotatable bonds is 3. The van der Waals surface area contributed by atoms with Gasteiger partial charge >= 0.3 is 5.97 Å². The molecule has 0 spiro atoms. The van der Waals surface area contributed by atoms with E-state index in [0.717, 1.165) is 19.3 Å². The molecule has 1 radical (unpaired) electrons. The predicted octanol–water partition coefficient (Wildman–Crippen LogP) is 2.66. The normalized spacial score (nSPS) is 17.6. The van der Waals surface area contributed by atoms with Crippen molar-refractivity contribution in [3.63, 3.8) is 0 Å². The van der Waals surface area contributed by atoms with Crippen LogP contribution >= 0.6 is 0 Å². The zero-order valence-electron chi connectivity index (χ0n) is 8.15. The van der Waals surface area contributed by atoms with Crippen molar-refractivity contribution in [1.82, 2.24) is 0 Å². The minimum atomic E-state index is -0.00981. The molecule has 0 aliphatic heterocycles. The number of esters is 1. The van der Waals surface area contributed by atoms with Crippen LogP contribution in [0.4, 0.5) is 0 Å². The van der Waals surface area contributed by atoms with Crippen molar-refractivity contribution in [2.75, 3.05) is 0 Å². The minimum Gasteiger partial charge on any atom is -0.462 e. The van der Waals surface area contributed by atoms with Crippen LogP contribution in [0.1, 0.15) is 51.9 Å². The van der Waals surface area contributed by atoms with Gasteiger partial charge in [0.15, 0.2) is 0 Å². The molecular formula is C10H18AgO2. The SMILES string of the molecule is CCCC(=O)OC1CCCCC1.[Ag]. The molecule has 1 rings (SSSR count). The molecular weight excluding hydrogens is 260 g/mol. The van der Waals surface area contributed by atoms with Gasteiger partial charge in [0.05, 0.1) is 0 Å². The first-order valence-electron chi connectivity index (χ1n) is 5.02. The molecule has 0 amide bonds. The van der Waals surface area contributed by atoms with Crippen LogP contribution < -0.4 is 0 Å². The van der Waals surface area contributed by atoms with Crippen molar-refractivity contribution in [2.45, 2.75) is 58.0 Å². The van der Waals surface area contributed by atoms with Crippen LogP contribution in [0.15, 0.2) is 0 Å². The van der Waals surface area contributed by atoms with Crippen molar-refractivity contribution >= 4 is 5.97 Å². The Hall–Kier alpha value is 0.210. The van der Waals surface area contributed by atoms with Crippen LogP contribution in [0.2, 0.25) is 0 Å². The van der Waals surface area contributed by atoms with Crippen LogP contribution in [-0.4, -0.2) is 12.1 Å². The summed E-state index contributed by atoms with van der Waals surface area (Å²) in [5, 5.41) is 0. The maximum atomic E-state index is 11.1. The summed E-state index contributed by atoms with van der Waals surface area (Å²) in [4.78, 5) is 11.1. The first-order valence-corrected chi connectivity index (χ1v) is 5.02. The van der Waals surface area contributed by atoms with E-state index in [1.54, 1.807) is 0 Å². The Morgan fingerprint density at radius 2 is 1.92 bits per heavy atom. The molecule has 0 aromatic heterocycles. The fraction of sp³-hybridized carbons (Fsp3) is 0.900. The molecule has 13 heavy (non-hydrogen) atoms. The minimum absolute atomic E-state index is 0. The van der Waals surface area contributed by atoms with E-state index in [-0.39, 0.29) is 34.5 Å². The summed E-state index contributed by atoms with van der Waals surface area (Å²) in [6, 6.07) is 0. The van der Waals surface area contributed by atoms with Gasteiger partial charge in [-0.1, -0.05) is 13.3 Å². The molecule has 0 aromatic carbocycles. The summed E-state index contributed by atoms with van der Waals surface area (Å²) < 4.78 is 5.29. The summed E-state index contributed by atoms with van der Waals surface area (Å²) in [6.45, 7) is 2.00. The maximum Gasteiger partial charge on any atom is 0.306 e. The molecule has 0 aromatic rings. The van der Waals surface area contributed by atoms with E-state index in [1.165, 1.54) is 19.3 Å². The van der Waals surface area contributed by atoms with Crippen LogP contribution in [0.5, 0.6) is 0 Å². The average molecular weight is 278 g/mol. The molecule has 0 unspecified atom stereocenters. The molecule has 1 fully saturated rings. The van der Waals surface area contributed by atoms with E-state index in [1.807, 2.05) is 6.92 Å². The van der Waals surface area contributed by atoms with E-state index >= 15 is 0 Å². The molecule has 0 heterocycles. The molecule has 2 nitrogen and oxygen atoms in total. The van der Waals surface area contributed by atoms with Gasteiger partial charge in [0.2, 0.25) is 0 Å². The maximum absolute atomic E-state index is 11.1. The van der Waals surface area contributed by atoms with Crippen LogP contribution in [0.25, 0.3) is 0 Å². The van der Waals surface area contributed by atoms with E-state index in [0.29, 0.717) is 6.42 Å². The third kappa shape index (κ3) is 5.50. The Bertz CT molecular complexity index is 142. The molecule has 0 bridgehead atoms. The van der Waals surface area contributed by atoms with Gasteiger partial charge < -0.3 is 4.74 Å². The van der Waals surface area contributed by atoms with Gasteiger partial charge in [0.1, 0.15) is 6.10 Å². The van der Waals surface area contributed by atoms with Gasteiger partial charge in [0, 0.05) is 28.8 Å². The topological polar surface area (TPSA) is 26.3 Å². The number of carbonyl (C=O) groups is 1. The Morgan fingerprint density at radius 1 is 1.31 bits per heavy atom. The third-order valence-corrected chi connectivity index (χ3v) is 2.30. The predicted molar refractivity (Wildman–Crippen MR) is 47.9 cm³/mol. The Kier molecular flexibility index (Phi) is 7.72. The quantitative estimate of drug-likeness (QED) is 0.586. The molecule has 1 saturated carbocycles. The van der Waals surface area contributed by atoms with Crippen LogP contribution in [0.3, 0.4) is 0 Å². The molecule has 1 aliphatic rings. The smallest absolute Gasteiger partial charge is 0.306 e. The summed E-state index contributed by atoms with van der Waals surface area (Å²) in [6.07, 6.45) is 7.63. The largest absolute Gasteiger partial charge is 0.462 e. The molecule has 3 heteroatoms. The first-order chi connectivity index (χ1) is 5.83. The summed E-state index contributed by atoms with van der Waals surface area (Å²) in [5.41, 5.74) is 0. The van der Waals surface area contributed by atoms with Gasteiger partial charge in [0.25, 0.3) is 0 Å². The van der Waals surface area contributed by atoms with E-state index in [4.69, 9.17) is 4.74 Å². The van der Waals surface area contributed by atoms with Crippen molar-refractivity contribution in [3.05, 3.63) is 0 Å². The Labute approximate surface area is 95.9 Å². The van der Waals surface area contributed by atoms with Gasteiger partial charge in [-0.2, -0.15) is 0 Å². The molecule has 0 N–H and O–H groups in total. The number of hydrogen-bond donors (Lipinski definition) is 0. The summed E-state index contributed by atoms with van der Waals surface area (Å²) >= 11 is 0. The summed E-state index contributed by atoms with van der Waals surface area (Å²) in [5.74, 6) is -0.00981. The summed E-state index contributed by atoms with van der Waals surface area (Å²) in [7, 11) is 0. The monoisotopic (exact) mass is 277 g/mol. The number of carbonyl (C=O) groups excluding carboxylic acids is 1. The third-order valence-electron chi connectivity index (χ3n) is 2.30. The second kappa shape index (κ2) is 7.60. The first kappa shape index (κ1) is 13.2. The number of hydrogen-bond acceptors (Lipinski definition) is 2. The molecule has 81 valence electrons. The average Bonchev–Trinajstić information content (AvgIpc) is 2.06. The van der Waals surface area contributed by atoms with Crippen molar-refractivity contribution in [2.24, 2.45) is 0 Å². The van der Waals surface area contributed by atoms with E-state index in [9.17, 15) is 4.79 Å². The molecule has 0 atom stereocenters. The zero-order valence-corrected chi connectivity index (χ0v) is 9.63. The Morgan fingerprint density at radius 3 is 2.46 bits per heavy atom. The van der Waals surface area contributed by atoms with E-state index < -0.39 is 0 Å². The van der Waals surface area contributed by atoms with Gasteiger partial charge in [-0.25, -0.2) is 0 Å². The second-order valence-electron chi connectivity index (χ2n) is 3.50. The van der Waals surface area contributed by atoms with Gasteiger partial charge in [-0.05, 0) is 32.1 Å². The van der Waals surface area contributed by atoms with Crippen LogP contribution in [-0.2, 0) is 31.9 Å².